The van der Waals surface area contributed by atoms with Gasteiger partial charge in [0, 0.05) is 17.3 Å². The number of hydrogen-bond donors (Lipinski definition) is 1. The number of nitrogens with two attached hydrogens (primary N) is 1. The van der Waals surface area contributed by atoms with Crippen LogP contribution in [0.15, 0.2) is 48.5 Å². The Morgan fingerprint density at radius 2 is 1.84 bits per heavy atom. The molecule has 0 spiro atoms. The minimum absolute atomic E-state index is 0.710. The van der Waals surface area contributed by atoms with Gasteiger partial charge in [0.15, 0.2) is 0 Å². The van der Waals surface area contributed by atoms with Gasteiger partial charge < -0.3 is 10.6 Å². The van der Waals surface area contributed by atoms with Gasteiger partial charge in [0.2, 0.25) is 0 Å². The molecule has 0 unspecified atom stereocenters. The number of benzene rings is 2. The van der Waals surface area contributed by atoms with E-state index in [0.29, 0.717) is 5.02 Å². The van der Waals surface area contributed by atoms with Gasteiger partial charge in [-0.3, -0.25) is 0 Å². The van der Waals surface area contributed by atoms with Crippen molar-refractivity contribution in [1.29, 1.82) is 0 Å². The lowest BCUT2D eigenvalue weighted by Crippen LogP contribution is -2.19. The van der Waals surface area contributed by atoms with Crippen molar-refractivity contribution < 1.29 is 0 Å². The van der Waals surface area contributed by atoms with Crippen LogP contribution in [0.2, 0.25) is 5.02 Å². The summed E-state index contributed by atoms with van der Waals surface area (Å²) in [5.74, 6) is 0. The Bertz CT molecular complexity index is 526. The average molecular weight is 275 g/mol. The zero-order valence-corrected chi connectivity index (χ0v) is 11.9. The first kappa shape index (κ1) is 13.8. The fourth-order valence-corrected chi connectivity index (χ4v) is 2.23. The molecular weight excluding hydrogens is 256 g/mol. The van der Waals surface area contributed by atoms with Crippen LogP contribution in [0, 0.1) is 0 Å². The number of halogens is 1. The third kappa shape index (κ3) is 3.42. The fraction of sp³-hybridized carbons (Fsp3) is 0.250. The van der Waals surface area contributed by atoms with E-state index >= 15 is 0 Å². The highest BCUT2D eigenvalue weighted by Crippen LogP contribution is 2.32. The first-order valence-corrected chi connectivity index (χ1v) is 6.97. The number of rotatable bonds is 5. The van der Waals surface area contributed by atoms with Crippen molar-refractivity contribution in [1.82, 2.24) is 0 Å². The summed E-state index contributed by atoms with van der Waals surface area (Å²) in [7, 11) is 0. The molecule has 0 fully saturated rings. The largest absolute Gasteiger partial charge is 0.397 e. The standard InChI is InChI=1S/C16H19ClN2/c1-2-3-11-19(14-7-5-4-6-8-14)16-12-13(17)9-10-15(16)18/h4-10,12H,2-3,11,18H2,1H3. The van der Waals surface area contributed by atoms with Crippen molar-refractivity contribution in [2.45, 2.75) is 19.8 Å². The first-order chi connectivity index (χ1) is 9.22. The Kier molecular flexibility index (Phi) is 4.69. The Morgan fingerprint density at radius 1 is 1.11 bits per heavy atom. The Morgan fingerprint density at radius 3 is 2.53 bits per heavy atom. The Hall–Kier alpha value is -1.67. The maximum Gasteiger partial charge on any atom is 0.0659 e. The van der Waals surface area contributed by atoms with Crippen molar-refractivity contribution in [3.05, 3.63) is 53.6 Å². The Labute approximate surface area is 119 Å². The summed E-state index contributed by atoms with van der Waals surface area (Å²) < 4.78 is 0. The lowest BCUT2D eigenvalue weighted by atomic mass is 10.2. The first-order valence-electron chi connectivity index (χ1n) is 6.60. The molecule has 0 bridgehead atoms. The van der Waals surface area contributed by atoms with Crippen LogP contribution in [-0.4, -0.2) is 6.54 Å². The number of hydrogen-bond acceptors (Lipinski definition) is 2. The summed E-state index contributed by atoms with van der Waals surface area (Å²) in [6.45, 7) is 3.12. The lowest BCUT2D eigenvalue weighted by Gasteiger charge is -2.26. The molecule has 2 rings (SSSR count). The molecule has 0 saturated carbocycles. The second-order valence-electron chi connectivity index (χ2n) is 4.54. The molecule has 0 amide bonds. The monoisotopic (exact) mass is 274 g/mol. The molecule has 19 heavy (non-hydrogen) atoms. The lowest BCUT2D eigenvalue weighted by molar-refractivity contribution is 0.786. The zero-order valence-electron chi connectivity index (χ0n) is 11.1. The quantitative estimate of drug-likeness (QED) is 0.789. The van der Waals surface area contributed by atoms with Gasteiger partial charge >= 0.3 is 0 Å². The van der Waals surface area contributed by atoms with Crippen LogP contribution in [0.5, 0.6) is 0 Å². The Balaban J connectivity index is 2.40. The van der Waals surface area contributed by atoms with Crippen molar-refractivity contribution in [3.63, 3.8) is 0 Å². The van der Waals surface area contributed by atoms with Crippen LogP contribution < -0.4 is 10.6 Å². The van der Waals surface area contributed by atoms with Gasteiger partial charge in [-0.25, -0.2) is 0 Å². The summed E-state index contributed by atoms with van der Waals surface area (Å²) in [5, 5.41) is 0.710. The van der Waals surface area contributed by atoms with Crippen LogP contribution in [0.1, 0.15) is 19.8 Å². The van der Waals surface area contributed by atoms with E-state index in [4.69, 9.17) is 17.3 Å². The van der Waals surface area contributed by atoms with E-state index in [1.807, 2.05) is 36.4 Å². The molecule has 0 saturated heterocycles. The van der Waals surface area contributed by atoms with Crippen LogP contribution in [0.4, 0.5) is 17.1 Å². The number of unbranched alkanes of at least 4 members (excludes halogenated alkanes) is 1. The molecule has 0 radical (unpaired) electrons. The van der Waals surface area contributed by atoms with E-state index in [2.05, 4.69) is 24.0 Å². The third-order valence-electron chi connectivity index (χ3n) is 3.09. The smallest absolute Gasteiger partial charge is 0.0659 e. The molecule has 3 heteroatoms. The molecule has 0 heterocycles. The summed E-state index contributed by atoms with van der Waals surface area (Å²) in [6.07, 6.45) is 2.25. The van der Waals surface area contributed by atoms with Gasteiger partial charge in [-0.15, -0.1) is 0 Å². The fourth-order valence-electron chi connectivity index (χ4n) is 2.06. The van der Waals surface area contributed by atoms with Crippen LogP contribution >= 0.6 is 11.6 Å². The van der Waals surface area contributed by atoms with E-state index in [9.17, 15) is 0 Å². The molecule has 0 aliphatic rings. The molecular formula is C16H19ClN2. The molecule has 0 atom stereocenters. The second kappa shape index (κ2) is 6.48. The summed E-state index contributed by atoms with van der Waals surface area (Å²) >= 11 is 6.10. The normalized spacial score (nSPS) is 10.4. The molecule has 2 nitrogen and oxygen atoms in total. The maximum atomic E-state index is 6.10. The summed E-state index contributed by atoms with van der Waals surface area (Å²) in [5.41, 5.74) is 8.98. The van der Waals surface area contributed by atoms with Gasteiger partial charge in [0.1, 0.15) is 0 Å². The van der Waals surface area contributed by atoms with Crippen molar-refractivity contribution in [2.75, 3.05) is 17.2 Å². The highest BCUT2D eigenvalue weighted by Gasteiger charge is 2.12. The molecule has 2 N–H and O–H groups in total. The van der Waals surface area contributed by atoms with E-state index in [0.717, 1.165) is 36.4 Å². The topological polar surface area (TPSA) is 29.3 Å². The van der Waals surface area contributed by atoms with Crippen LogP contribution in [-0.2, 0) is 0 Å². The van der Waals surface area contributed by atoms with Gasteiger partial charge in [0.05, 0.1) is 11.4 Å². The van der Waals surface area contributed by atoms with Gasteiger partial charge in [-0.1, -0.05) is 43.1 Å². The molecule has 0 aliphatic heterocycles. The number of nitrogen functional groups attached to an aromatic ring is 1. The molecule has 100 valence electrons. The highest BCUT2D eigenvalue weighted by atomic mass is 35.5. The van der Waals surface area contributed by atoms with Crippen molar-refractivity contribution >= 4 is 28.7 Å². The SMILES string of the molecule is CCCCN(c1ccccc1)c1cc(Cl)ccc1N. The van der Waals surface area contributed by atoms with E-state index in [1.54, 1.807) is 0 Å². The van der Waals surface area contributed by atoms with Crippen molar-refractivity contribution in [3.8, 4) is 0 Å². The van der Waals surface area contributed by atoms with Crippen LogP contribution in [0.25, 0.3) is 0 Å². The third-order valence-corrected chi connectivity index (χ3v) is 3.32. The number of nitrogens with zero attached hydrogens (tertiary/aromatic N) is 1. The van der Waals surface area contributed by atoms with E-state index < -0.39 is 0 Å². The number of para-hydroxylation sites is 1. The van der Waals surface area contributed by atoms with Gasteiger partial charge in [-0.2, -0.15) is 0 Å². The summed E-state index contributed by atoms with van der Waals surface area (Å²) in [4.78, 5) is 2.23. The highest BCUT2D eigenvalue weighted by molar-refractivity contribution is 6.31. The average Bonchev–Trinajstić information content (AvgIpc) is 2.44. The predicted molar refractivity (Wildman–Crippen MR) is 84.2 cm³/mol. The second-order valence-corrected chi connectivity index (χ2v) is 4.98. The molecule has 2 aromatic rings. The predicted octanol–water partition coefficient (Wildman–Crippen LogP) is 4.86. The maximum absolute atomic E-state index is 6.10. The van der Waals surface area contributed by atoms with Gasteiger partial charge in [0.25, 0.3) is 0 Å². The number of anilines is 3. The molecule has 0 aliphatic carbocycles. The van der Waals surface area contributed by atoms with Gasteiger partial charge in [-0.05, 0) is 36.8 Å². The van der Waals surface area contributed by atoms with E-state index in [1.165, 1.54) is 0 Å². The van der Waals surface area contributed by atoms with Crippen molar-refractivity contribution in [2.24, 2.45) is 0 Å². The van der Waals surface area contributed by atoms with E-state index in [-0.39, 0.29) is 0 Å². The molecule has 2 aromatic carbocycles. The summed E-state index contributed by atoms with van der Waals surface area (Å²) in [6, 6.07) is 15.9. The van der Waals surface area contributed by atoms with Crippen LogP contribution in [0.3, 0.4) is 0 Å². The minimum atomic E-state index is 0.710. The molecule has 0 aromatic heterocycles. The minimum Gasteiger partial charge on any atom is -0.397 e. The zero-order chi connectivity index (χ0) is 13.7.